The smallest absolute Gasteiger partial charge is 0.263 e. The van der Waals surface area contributed by atoms with E-state index in [0.717, 1.165) is 30.5 Å². The number of rotatable bonds is 1. The Morgan fingerprint density at radius 2 is 2.00 bits per heavy atom. The van der Waals surface area contributed by atoms with Crippen LogP contribution in [-0.2, 0) is 24.3 Å². The van der Waals surface area contributed by atoms with Gasteiger partial charge in [-0.25, -0.2) is 4.98 Å². The Morgan fingerprint density at radius 1 is 1.24 bits per heavy atom. The van der Waals surface area contributed by atoms with Crippen molar-refractivity contribution in [1.29, 1.82) is 0 Å². The predicted octanol–water partition coefficient (Wildman–Crippen LogP) is 1.89. The second-order valence-corrected chi connectivity index (χ2v) is 9.44. The van der Waals surface area contributed by atoms with Gasteiger partial charge in [0.1, 0.15) is 11.4 Å². The molecule has 2 aromatic rings. The molecule has 0 aromatic carbocycles. The number of hydrogen-bond donors (Lipinski definition) is 1. The lowest BCUT2D eigenvalue weighted by molar-refractivity contribution is 0.0630. The van der Waals surface area contributed by atoms with Crippen LogP contribution in [0.25, 0.3) is 0 Å². The van der Waals surface area contributed by atoms with Crippen molar-refractivity contribution < 1.29 is 4.79 Å². The van der Waals surface area contributed by atoms with E-state index in [1.807, 2.05) is 20.8 Å². The number of aromatic amines is 1. The number of aryl methyl sites for hydroxylation is 1. The lowest BCUT2D eigenvalue weighted by Crippen LogP contribution is -2.49. The van der Waals surface area contributed by atoms with Crippen LogP contribution in [0, 0.1) is 0 Å². The minimum Gasteiger partial charge on any atom is -0.338 e. The summed E-state index contributed by atoms with van der Waals surface area (Å²) in [6, 6.07) is 3.31. The van der Waals surface area contributed by atoms with E-state index in [-0.39, 0.29) is 33.4 Å². The van der Waals surface area contributed by atoms with E-state index in [4.69, 9.17) is 4.98 Å². The SMILES string of the molecule is Cn1cccc(C(=O)N2CCCC3(CCc4c3nc(C(C)(C)C)[nH]c4=O)C2)c1=O. The summed E-state index contributed by atoms with van der Waals surface area (Å²) in [7, 11) is 1.65. The predicted molar refractivity (Wildman–Crippen MR) is 110 cm³/mol. The Balaban J connectivity index is 1.72. The number of likely N-dealkylation sites (tertiary alicyclic amines) is 1. The summed E-state index contributed by atoms with van der Waals surface area (Å²) in [5, 5.41) is 0. The first-order valence-electron chi connectivity index (χ1n) is 10.2. The van der Waals surface area contributed by atoms with E-state index in [2.05, 4.69) is 4.98 Å². The van der Waals surface area contributed by atoms with Crippen molar-refractivity contribution in [3.8, 4) is 0 Å². The van der Waals surface area contributed by atoms with E-state index in [0.29, 0.717) is 25.3 Å². The molecule has 1 fully saturated rings. The first-order chi connectivity index (χ1) is 13.6. The Kier molecular flexibility index (Phi) is 4.52. The van der Waals surface area contributed by atoms with Gasteiger partial charge in [0.2, 0.25) is 0 Å². The fourth-order valence-electron chi connectivity index (χ4n) is 4.64. The number of nitrogens with zero attached hydrogens (tertiary/aromatic N) is 3. The molecule has 1 amide bonds. The number of pyridine rings is 1. The number of carbonyl (C=O) groups excluding carboxylic acids is 1. The summed E-state index contributed by atoms with van der Waals surface area (Å²) in [5.74, 6) is 0.447. The molecule has 1 saturated heterocycles. The van der Waals surface area contributed by atoms with Crippen molar-refractivity contribution in [1.82, 2.24) is 19.4 Å². The molecular formula is C22H28N4O3. The Bertz CT molecular complexity index is 1090. The number of piperidine rings is 1. The van der Waals surface area contributed by atoms with Gasteiger partial charge >= 0.3 is 0 Å². The van der Waals surface area contributed by atoms with Crippen LogP contribution in [0.15, 0.2) is 27.9 Å². The Morgan fingerprint density at radius 3 is 2.72 bits per heavy atom. The molecule has 1 atom stereocenters. The van der Waals surface area contributed by atoms with Gasteiger partial charge in [0.15, 0.2) is 0 Å². The van der Waals surface area contributed by atoms with Gasteiger partial charge in [-0.1, -0.05) is 20.8 Å². The van der Waals surface area contributed by atoms with Crippen LogP contribution in [-0.4, -0.2) is 38.4 Å². The molecule has 29 heavy (non-hydrogen) atoms. The number of nitrogens with one attached hydrogen (secondary N) is 1. The molecule has 7 nitrogen and oxygen atoms in total. The number of H-pyrrole nitrogens is 1. The lowest BCUT2D eigenvalue weighted by Gasteiger charge is -2.40. The van der Waals surface area contributed by atoms with Crippen LogP contribution >= 0.6 is 0 Å². The van der Waals surface area contributed by atoms with Crippen LogP contribution in [0.2, 0.25) is 0 Å². The number of fused-ring (bicyclic) bond motifs is 2. The monoisotopic (exact) mass is 396 g/mol. The third-order valence-electron chi connectivity index (χ3n) is 6.30. The van der Waals surface area contributed by atoms with Gasteiger partial charge in [-0.2, -0.15) is 0 Å². The molecule has 1 unspecified atom stereocenters. The summed E-state index contributed by atoms with van der Waals surface area (Å²) in [6.45, 7) is 7.20. The highest BCUT2D eigenvalue weighted by Gasteiger charge is 2.46. The number of hydrogen-bond acceptors (Lipinski definition) is 4. The highest BCUT2D eigenvalue weighted by atomic mass is 16.2. The fraction of sp³-hybridized carbons (Fsp3) is 0.545. The first-order valence-corrected chi connectivity index (χ1v) is 10.2. The minimum absolute atomic E-state index is 0.0582. The molecule has 1 spiro atoms. The third kappa shape index (κ3) is 3.22. The number of amides is 1. The zero-order valence-electron chi connectivity index (χ0n) is 17.5. The molecular weight excluding hydrogens is 368 g/mol. The zero-order valence-corrected chi connectivity index (χ0v) is 17.5. The van der Waals surface area contributed by atoms with Crippen LogP contribution in [0.1, 0.15) is 67.5 Å². The van der Waals surface area contributed by atoms with Crippen molar-refractivity contribution in [3.63, 3.8) is 0 Å². The van der Waals surface area contributed by atoms with E-state index in [1.54, 1.807) is 30.3 Å². The van der Waals surface area contributed by atoms with Crippen LogP contribution < -0.4 is 11.1 Å². The van der Waals surface area contributed by atoms with Crippen LogP contribution in [0.4, 0.5) is 0 Å². The third-order valence-corrected chi connectivity index (χ3v) is 6.30. The molecule has 1 N–H and O–H groups in total. The standard InChI is InChI=1S/C22H28N4O3/c1-21(2,3)20-23-16-14(17(27)24-20)8-10-22(16)9-6-12-26(13-22)19(29)15-7-5-11-25(4)18(15)28/h5,7,11H,6,8-10,12-13H2,1-4H3,(H,23,24,27). The second-order valence-electron chi connectivity index (χ2n) is 9.44. The molecule has 2 aromatic heterocycles. The van der Waals surface area contributed by atoms with Gasteiger partial charge in [0, 0.05) is 42.7 Å². The van der Waals surface area contributed by atoms with E-state index >= 15 is 0 Å². The molecule has 3 heterocycles. The van der Waals surface area contributed by atoms with Gasteiger partial charge < -0.3 is 14.5 Å². The molecule has 2 aliphatic rings. The van der Waals surface area contributed by atoms with Crippen molar-refractivity contribution in [2.45, 2.75) is 57.3 Å². The van der Waals surface area contributed by atoms with Crippen molar-refractivity contribution in [2.75, 3.05) is 13.1 Å². The largest absolute Gasteiger partial charge is 0.338 e. The van der Waals surface area contributed by atoms with E-state index in [9.17, 15) is 14.4 Å². The van der Waals surface area contributed by atoms with Crippen molar-refractivity contribution >= 4 is 5.91 Å². The average Bonchev–Trinajstić information content (AvgIpc) is 3.01. The van der Waals surface area contributed by atoms with Gasteiger partial charge in [0.05, 0.1) is 5.69 Å². The summed E-state index contributed by atoms with van der Waals surface area (Å²) in [4.78, 5) is 47.9. The molecule has 0 radical (unpaired) electrons. The first kappa shape index (κ1) is 19.6. The normalized spacial score (nSPS) is 21.4. The van der Waals surface area contributed by atoms with Gasteiger partial charge in [-0.3, -0.25) is 14.4 Å². The molecule has 1 aliphatic heterocycles. The fourth-order valence-corrected chi connectivity index (χ4v) is 4.64. The quantitative estimate of drug-likeness (QED) is 0.797. The molecule has 0 saturated carbocycles. The summed E-state index contributed by atoms with van der Waals surface area (Å²) in [6.07, 6.45) is 4.86. The van der Waals surface area contributed by atoms with E-state index < -0.39 is 0 Å². The van der Waals surface area contributed by atoms with Gasteiger partial charge in [-0.15, -0.1) is 0 Å². The van der Waals surface area contributed by atoms with E-state index in [1.165, 1.54) is 4.57 Å². The highest BCUT2D eigenvalue weighted by molar-refractivity contribution is 5.94. The lowest BCUT2D eigenvalue weighted by atomic mass is 9.77. The average molecular weight is 396 g/mol. The van der Waals surface area contributed by atoms with Crippen LogP contribution in [0.3, 0.4) is 0 Å². The molecule has 154 valence electrons. The second kappa shape index (κ2) is 6.68. The minimum atomic E-state index is -0.308. The molecule has 0 bridgehead atoms. The van der Waals surface area contributed by atoms with Crippen molar-refractivity contribution in [2.24, 2.45) is 7.05 Å². The summed E-state index contributed by atoms with van der Waals surface area (Å²) in [5.41, 5.74) is 0.883. The van der Waals surface area contributed by atoms with Gasteiger partial charge in [0.25, 0.3) is 17.0 Å². The molecule has 4 rings (SSSR count). The Labute approximate surface area is 169 Å². The maximum absolute atomic E-state index is 13.1. The molecule has 1 aliphatic carbocycles. The Hall–Kier alpha value is -2.70. The number of carbonyl (C=O) groups is 1. The van der Waals surface area contributed by atoms with Crippen molar-refractivity contribution in [3.05, 3.63) is 61.7 Å². The van der Waals surface area contributed by atoms with Crippen LogP contribution in [0.5, 0.6) is 0 Å². The maximum atomic E-state index is 13.1. The molecule has 7 heteroatoms. The van der Waals surface area contributed by atoms with Gasteiger partial charge in [-0.05, 0) is 37.8 Å². The number of aromatic nitrogens is 3. The topological polar surface area (TPSA) is 88.1 Å². The summed E-state index contributed by atoms with van der Waals surface area (Å²) >= 11 is 0. The zero-order chi connectivity index (χ0) is 21.0. The summed E-state index contributed by atoms with van der Waals surface area (Å²) < 4.78 is 1.43. The maximum Gasteiger partial charge on any atom is 0.263 e. The highest BCUT2D eigenvalue weighted by Crippen LogP contribution is 2.43.